The summed E-state index contributed by atoms with van der Waals surface area (Å²) in [7, 11) is 0. The highest BCUT2D eigenvalue weighted by Gasteiger charge is 2.18. The van der Waals surface area contributed by atoms with Gasteiger partial charge in [0.15, 0.2) is 0 Å². The van der Waals surface area contributed by atoms with Gasteiger partial charge in [0.25, 0.3) is 5.56 Å². The Kier molecular flexibility index (Phi) is 2.75. The van der Waals surface area contributed by atoms with Gasteiger partial charge < -0.3 is 4.90 Å². The summed E-state index contributed by atoms with van der Waals surface area (Å²) in [6, 6.07) is 0. The molecule has 0 saturated carbocycles. The van der Waals surface area contributed by atoms with E-state index in [1.54, 1.807) is 0 Å². The second-order valence-electron chi connectivity index (χ2n) is 3.84. The molecule has 0 spiro atoms. The molecule has 0 bridgehead atoms. The van der Waals surface area contributed by atoms with Crippen LogP contribution < -0.4 is 10.5 Å². The van der Waals surface area contributed by atoms with E-state index < -0.39 is 0 Å². The zero-order valence-corrected chi connectivity index (χ0v) is 9.34. The van der Waals surface area contributed by atoms with Crippen LogP contribution in [0.1, 0.15) is 31.5 Å². The molecular formula is C11H17N3O. The van der Waals surface area contributed by atoms with Gasteiger partial charge in [-0.3, -0.25) is 9.78 Å². The van der Waals surface area contributed by atoms with Crippen molar-refractivity contribution >= 4 is 5.95 Å². The summed E-state index contributed by atoms with van der Waals surface area (Å²) in [6.45, 7) is 5.88. The van der Waals surface area contributed by atoms with Crippen LogP contribution in [0.2, 0.25) is 0 Å². The Morgan fingerprint density at radius 2 is 2.07 bits per heavy atom. The average molecular weight is 207 g/mol. The lowest BCUT2D eigenvalue weighted by Gasteiger charge is -2.19. The smallest absolute Gasteiger partial charge is 0.255 e. The van der Waals surface area contributed by atoms with Gasteiger partial charge in [0.05, 0.1) is 5.69 Å². The molecular weight excluding hydrogens is 190 g/mol. The molecule has 0 saturated heterocycles. The molecule has 1 aliphatic carbocycles. The Labute approximate surface area is 89.3 Å². The first-order valence-electron chi connectivity index (χ1n) is 5.63. The van der Waals surface area contributed by atoms with E-state index in [1.165, 1.54) is 0 Å². The highest BCUT2D eigenvalue weighted by molar-refractivity contribution is 5.34. The summed E-state index contributed by atoms with van der Waals surface area (Å²) in [5.41, 5.74) is 1.95. The van der Waals surface area contributed by atoms with Crippen LogP contribution in [0, 0.1) is 0 Å². The summed E-state index contributed by atoms with van der Waals surface area (Å²) in [5, 5.41) is 0. The fraction of sp³-hybridized carbons (Fsp3) is 0.636. The number of hydrogen-bond acceptors (Lipinski definition) is 3. The highest BCUT2D eigenvalue weighted by Crippen LogP contribution is 2.17. The summed E-state index contributed by atoms with van der Waals surface area (Å²) in [5.74, 6) is 0.727. The number of H-pyrrole nitrogens is 1. The highest BCUT2D eigenvalue weighted by atomic mass is 16.1. The lowest BCUT2D eigenvalue weighted by Crippen LogP contribution is -2.28. The van der Waals surface area contributed by atoms with Crippen molar-refractivity contribution in [3.63, 3.8) is 0 Å². The van der Waals surface area contributed by atoms with E-state index in [1.807, 2.05) is 0 Å². The lowest BCUT2D eigenvalue weighted by molar-refractivity contribution is 0.805. The molecule has 0 aliphatic heterocycles. The van der Waals surface area contributed by atoms with E-state index in [2.05, 4.69) is 28.7 Å². The van der Waals surface area contributed by atoms with Crippen molar-refractivity contribution in [2.45, 2.75) is 33.1 Å². The van der Waals surface area contributed by atoms with Gasteiger partial charge in [-0.1, -0.05) is 0 Å². The number of nitrogens with one attached hydrogen (secondary N) is 1. The number of anilines is 1. The molecule has 0 aromatic carbocycles. The van der Waals surface area contributed by atoms with Crippen molar-refractivity contribution in [3.05, 3.63) is 21.6 Å². The fourth-order valence-electron chi connectivity index (χ4n) is 2.10. The van der Waals surface area contributed by atoms with Crippen LogP contribution >= 0.6 is 0 Å². The van der Waals surface area contributed by atoms with Crippen LogP contribution in [-0.4, -0.2) is 23.1 Å². The molecule has 4 nitrogen and oxygen atoms in total. The lowest BCUT2D eigenvalue weighted by atomic mass is 10.3. The third-order valence-corrected chi connectivity index (χ3v) is 2.99. The van der Waals surface area contributed by atoms with E-state index in [4.69, 9.17) is 0 Å². The average Bonchev–Trinajstić information content (AvgIpc) is 2.68. The van der Waals surface area contributed by atoms with Crippen molar-refractivity contribution in [3.8, 4) is 0 Å². The first kappa shape index (κ1) is 10.2. The molecule has 0 atom stereocenters. The molecule has 1 aromatic heterocycles. The molecule has 0 fully saturated rings. The zero-order valence-electron chi connectivity index (χ0n) is 9.34. The maximum Gasteiger partial charge on any atom is 0.255 e. The van der Waals surface area contributed by atoms with E-state index >= 15 is 0 Å². The van der Waals surface area contributed by atoms with Crippen LogP contribution in [0.5, 0.6) is 0 Å². The Morgan fingerprint density at radius 1 is 1.33 bits per heavy atom. The molecule has 1 aliphatic rings. The molecule has 1 heterocycles. The van der Waals surface area contributed by atoms with E-state index in [9.17, 15) is 4.79 Å². The first-order chi connectivity index (χ1) is 7.26. The zero-order chi connectivity index (χ0) is 10.8. The molecule has 1 N–H and O–H groups in total. The molecule has 4 heteroatoms. The van der Waals surface area contributed by atoms with E-state index in [0.717, 1.165) is 49.6 Å². The molecule has 82 valence electrons. The summed E-state index contributed by atoms with van der Waals surface area (Å²) in [4.78, 5) is 21.2. The van der Waals surface area contributed by atoms with Gasteiger partial charge in [0, 0.05) is 18.7 Å². The van der Waals surface area contributed by atoms with Crippen LogP contribution in [0.3, 0.4) is 0 Å². The molecule has 15 heavy (non-hydrogen) atoms. The summed E-state index contributed by atoms with van der Waals surface area (Å²) in [6.07, 6.45) is 2.90. The van der Waals surface area contributed by atoms with Crippen molar-refractivity contribution in [2.75, 3.05) is 18.0 Å². The van der Waals surface area contributed by atoms with E-state index in [-0.39, 0.29) is 5.56 Å². The topological polar surface area (TPSA) is 49.0 Å². The number of nitrogens with zero attached hydrogens (tertiary/aromatic N) is 2. The monoisotopic (exact) mass is 207 g/mol. The second kappa shape index (κ2) is 4.04. The van der Waals surface area contributed by atoms with Crippen molar-refractivity contribution in [2.24, 2.45) is 0 Å². The van der Waals surface area contributed by atoms with Gasteiger partial charge in [0.1, 0.15) is 0 Å². The van der Waals surface area contributed by atoms with Crippen LogP contribution in [0.4, 0.5) is 5.95 Å². The predicted octanol–water partition coefficient (Wildman–Crippen LogP) is 1.10. The quantitative estimate of drug-likeness (QED) is 0.807. The minimum Gasteiger partial charge on any atom is -0.343 e. The Bertz CT molecular complexity index is 407. The fourth-order valence-corrected chi connectivity index (χ4v) is 2.10. The number of aryl methyl sites for hydroxylation is 1. The molecule has 0 unspecified atom stereocenters. The minimum absolute atomic E-state index is 0.0550. The van der Waals surface area contributed by atoms with Gasteiger partial charge in [-0.2, -0.15) is 0 Å². The maximum atomic E-state index is 11.7. The SMILES string of the molecule is CCN(CC)c1nc2c(c(=O)[nH]1)CCC2. The maximum absolute atomic E-state index is 11.7. The van der Waals surface area contributed by atoms with Crippen molar-refractivity contribution < 1.29 is 0 Å². The van der Waals surface area contributed by atoms with E-state index in [0.29, 0.717) is 0 Å². The second-order valence-corrected chi connectivity index (χ2v) is 3.84. The Morgan fingerprint density at radius 3 is 2.73 bits per heavy atom. The number of rotatable bonds is 3. The van der Waals surface area contributed by atoms with Gasteiger partial charge in [-0.05, 0) is 33.1 Å². The molecule has 2 rings (SSSR count). The Hall–Kier alpha value is -1.32. The van der Waals surface area contributed by atoms with Gasteiger partial charge in [0.2, 0.25) is 5.95 Å². The van der Waals surface area contributed by atoms with Crippen LogP contribution in [0.25, 0.3) is 0 Å². The molecule has 0 radical (unpaired) electrons. The van der Waals surface area contributed by atoms with Gasteiger partial charge in [-0.15, -0.1) is 0 Å². The van der Waals surface area contributed by atoms with Crippen molar-refractivity contribution in [1.29, 1.82) is 0 Å². The number of fused-ring (bicyclic) bond motifs is 1. The van der Waals surface area contributed by atoms with Crippen LogP contribution in [0.15, 0.2) is 4.79 Å². The predicted molar refractivity (Wildman–Crippen MR) is 60.4 cm³/mol. The van der Waals surface area contributed by atoms with Gasteiger partial charge >= 0.3 is 0 Å². The number of hydrogen-bond donors (Lipinski definition) is 1. The largest absolute Gasteiger partial charge is 0.343 e. The normalized spacial score (nSPS) is 14.0. The first-order valence-corrected chi connectivity index (χ1v) is 5.63. The molecule has 1 aromatic rings. The standard InChI is InChI=1S/C11H17N3O/c1-3-14(4-2)11-12-9-7-5-6-8(9)10(15)13-11/h3-7H2,1-2H3,(H,12,13,15). The number of aromatic nitrogens is 2. The van der Waals surface area contributed by atoms with Gasteiger partial charge in [-0.25, -0.2) is 4.98 Å². The minimum atomic E-state index is 0.0550. The third-order valence-electron chi connectivity index (χ3n) is 2.99. The molecule has 0 amide bonds. The van der Waals surface area contributed by atoms with Crippen molar-refractivity contribution in [1.82, 2.24) is 9.97 Å². The third kappa shape index (κ3) is 1.76. The number of aromatic amines is 1. The summed E-state index contributed by atoms with van der Waals surface area (Å²) >= 11 is 0. The summed E-state index contributed by atoms with van der Waals surface area (Å²) < 4.78 is 0. The Balaban J connectivity index is 2.43. The van der Waals surface area contributed by atoms with Crippen LogP contribution in [-0.2, 0) is 12.8 Å².